The number of nitrogens with one attached hydrogen (secondary N) is 1. The van der Waals surface area contributed by atoms with Gasteiger partial charge in [-0.1, -0.05) is 19.8 Å². The summed E-state index contributed by atoms with van der Waals surface area (Å²) in [5, 5.41) is 4.13. The Balaban J connectivity index is 2.07. The molecule has 106 valence electrons. The Hall–Kier alpha value is -0.290. The van der Waals surface area contributed by atoms with Crippen molar-refractivity contribution < 1.29 is 0 Å². The van der Waals surface area contributed by atoms with Crippen molar-refractivity contribution in [3.63, 3.8) is 0 Å². The van der Waals surface area contributed by atoms with E-state index in [2.05, 4.69) is 45.1 Å². The Labute approximate surface area is 128 Å². The van der Waals surface area contributed by atoms with Crippen molar-refractivity contribution >= 4 is 33.5 Å². The first kappa shape index (κ1) is 15.1. The van der Waals surface area contributed by atoms with E-state index < -0.39 is 0 Å². The smallest absolute Gasteiger partial charge is 0.144 e. The number of hydrogen-bond acceptors (Lipinski definition) is 4. The van der Waals surface area contributed by atoms with Gasteiger partial charge in [-0.25, -0.2) is 9.97 Å². The zero-order chi connectivity index (χ0) is 13.7. The Morgan fingerprint density at radius 2 is 2.00 bits per heavy atom. The van der Waals surface area contributed by atoms with Gasteiger partial charge in [0.05, 0.1) is 15.9 Å². The number of hydrogen-bond donors (Lipinski definition) is 1. The lowest BCUT2D eigenvalue weighted by molar-refractivity contribution is 0.886. The van der Waals surface area contributed by atoms with Gasteiger partial charge in [0, 0.05) is 11.8 Å². The van der Waals surface area contributed by atoms with Gasteiger partial charge in [-0.2, -0.15) is 11.8 Å². The maximum Gasteiger partial charge on any atom is 0.144 e. The van der Waals surface area contributed by atoms with Crippen LogP contribution < -0.4 is 5.32 Å². The first-order valence-electron chi connectivity index (χ1n) is 7.15. The molecule has 0 bridgehead atoms. The molecule has 0 amide bonds. The maximum atomic E-state index is 4.68. The van der Waals surface area contributed by atoms with Gasteiger partial charge in [-0.05, 0) is 42.1 Å². The highest BCUT2D eigenvalue weighted by atomic mass is 79.9. The largest absolute Gasteiger partial charge is 0.369 e. The van der Waals surface area contributed by atoms with E-state index in [4.69, 9.17) is 0 Å². The summed E-state index contributed by atoms with van der Waals surface area (Å²) in [6.07, 6.45) is 6.44. The Morgan fingerprint density at radius 3 is 2.63 bits per heavy atom. The molecular formula is C14H22BrN3S. The van der Waals surface area contributed by atoms with E-state index in [0.29, 0.717) is 0 Å². The van der Waals surface area contributed by atoms with Gasteiger partial charge >= 0.3 is 0 Å². The molecule has 0 aromatic carbocycles. The van der Waals surface area contributed by atoms with Crippen molar-refractivity contribution in [1.82, 2.24) is 9.97 Å². The minimum atomic E-state index is 0.819. The quantitative estimate of drug-likeness (QED) is 0.830. The topological polar surface area (TPSA) is 37.8 Å². The number of anilines is 1. The molecule has 0 aliphatic heterocycles. The van der Waals surface area contributed by atoms with E-state index >= 15 is 0 Å². The average Bonchev–Trinajstić information content (AvgIpc) is 2.93. The van der Waals surface area contributed by atoms with Crippen molar-refractivity contribution in [3.05, 3.63) is 16.0 Å². The molecule has 19 heavy (non-hydrogen) atoms. The minimum absolute atomic E-state index is 0.819. The van der Waals surface area contributed by atoms with E-state index in [1.807, 2.05) is 11.8 Å². The number of aryl methyl sites for hydroxylation is 1. The fraction of sp³-hybridized carbons (Fsp3) is 0.714. The lowest BCUT2D eigenvalue weighted by Crippen LogP contribution is -2.08. The van der Waals surface area contributed by atoms with E-state index in [0.717, 1.165) is 45.8 Å². The summed E-state index contributed by atoms with van der Waals surface area (Å²) in [5.74, 6) is 2.84. The number of thioether (sulfide) groups is 1. The van der Waals surface area contributed by atoms with Crippen molar-refractivity contribution in [2.24, 2.45) is 0 Å². The molecule has 1 saturated carbocycles. The average molecular weight is 344 g/mol. The van der Waals surface area contributed by atoms with Gasteiger partial charge in [0.1, 0.15) is 11.6 Å². The van der Waals surface area contributed by atoms with E-state index in [1.54, 1.807) is 0 Å². The van der Waals surface area contributed by atoms with Crippen LogP contribution in [0.3, 0.4) is 0 Å². The molecule has 0 radical (unpaired) electrons. The highest BCUT2D eigenvalue weighted by Gasteiger charge is 2.17. The summed E-state index contributed by atoms with van der Waals surface area (Å²) in [6, 6.07) is 0. The van der Waals surface area contributed by atoms with Crippen LogP contribution in [0.4, 0.5) is 5.82 Å². The zero-order valence-electron chi connectivity index (χ0n) is 11.7. The van der Waals surface area contributed by atoms with Crippen molar-refractivity contribution in [3.8, 4) is 0 Å². The monoisotopic (exact) mass is 343 g/mol. The number of nitrogens with zero attached hydrogens (tertiary/aromatic N) is 2. The van der Waals surface area contributed by atoms with Gasteiger partial charge in [0.2, 0.25) is 0 Å². The third-order valence-electron chi connectivity index (χ3n) is 3.40. The summed E-state index contributed by atoms with van der Waals surface area (Å²) in [5.41, 5.74) is 1.10. The second-order valence-electron chi connectivity index (χ2n) is 4.85. The second kappa shape index (κ2) is 7.48. The van der Waals surface area contributed by atoms with Crippen LogP contribution in [0.1, 0.15) is 51.0 Å². The van der Waals surface area contributed by atoms with Crippen LogP contribution in [-0.2, 0) is 12.2 Å². The first-order chi connectivity index (χ1) is 9.24. The van der Waals surface area contributed by atoms with Crippen molar-refractivity contribution in [2.45, 2.75) is 57.0 Å². The second-order valence-corrected chi connectivity index (χ2v) is 6.93. The summed E-state index contributed by atoms with van der Waals surface area (Å²) in [4.78, 5) is 9.32. The molecule has 0 saturated heterocycles. The molecule has 5 heteroatoms. The molecule has 1 aromatic rings. The van der Waals surface area contributed by atoms with Gasteiger partial charge in [0.15, 0.2) is 0 Å². The molecule has 3 nitrogen and oxygen atoms in total. The van der Waals surface area contributed by atoms with Crippen LogP contribution in [0.25, 0.3) is 0 Å². The Morgan fingerprint density at radius 1 is 1.26 bits per heavy atom. The van der Waals surface area contributed by atoms with Crippen LogP contribution in [0.15, 0.2) is 4.47 Å². The Bertz CT molecular complexity index is 419. The first-order valence-corrected chi connectivity index (χ1v) is 8.99. The molecule has 1 N–H and O–H groups in total. The number of rotatable bonds is 6. The lowest BCUT2D eigenvalue weighted by atomic mass is 10.3. The minimum Gasteiger partial charge on any atom is -0.369 e. The van der Waals surface area contributed by atoms with E-state index in [1.165, 1.54) is 25.7 Å². The van der Waals surface area contributed by atoms with Crippen LogP contribution >= 0.6 is 27.7 Å². The van der Waals surface area contributed by atoms with Crippen LogP contribution in [0, 0.1) is 0 Å². The summed E-state index contributed by atoms with van der Waals surface area (Å²) < 4.78 is 1.02. The van der Waals surface area contributed by atoms with Gasteiger partial charge < -0.3 is 5.32 Å². The van der Waals surface area contributed by atoms with Crippen LogP contribution in [0.2, 0.25) is 0 Å². The van der Waals surface area contributed by atoms with Crippen molar-refractivity contribution in [2.75, 3.05) is 11.9 Å². The number of halogens is 1. The van der Waals surface area contributed by atoms with E-state index in [-0.39, 0.29) is 0 Å². The number of aromatic nitrogens is 2. The fourth-order valence-electron chi connectivity index (χ4n) is 2.38. The summed E-state index contributed by atoms with van der Waals surface area (Å²) >= 11 is 5.62. The summed E-state index contributed by atoms with van der Waals surface area (Å²) in [6.45, 7) is 5.11. The van der Waals surface area contributed by atoms with Gasteiger partial charge in [0.25, 0.3) is 0 Å². The zero-order valence-corrected chi connectivity index (χ0v) is 14.1. The fourth-order valence-corrected chi connectivity index (χ4v) is 4.15. The van der Waals surface area contributed by atoms with Gasteiger partial charge in [-0.15, -0.1) is 0 Å². The molecule has 1 heterocycles. The molecular weight excluding hydrogens is 322 g/mol. The normalized spacial score (nSPS) is 15.9. The SMILES string of the molecule is CCNc1nc(CSC2CCCC2)nc(CC)c1Br. The molecule has 1 fully saturated rings. The third kappa shape index (κ3) is 4.09. The van der Waals surface area contributed by atoms with Crippen LogP contribution in [0.5, 0.6) is 0 Å². The molecule has 1 aliphatic rings. The molecule has 0 atom stereocenters. The van der Waals surface area contributed by atoms with Gasteiger partial charge in [-0.3, -0.25) is 0 Å². The summed E-state index contributed by atoms with van der Waals surface area (Å²) in [7, 11) is 0. The predicted molar refractivity (Wildman–Crippen MR) is 86.8 cm³/mol. The predicted octanol–water partition coefficient (Wildman–Crippen LogP) is 4.41. The third-order valence-corrected chi connectivity index (χ3v) is 5.60. The Kier molecular flexibility index (Phi) is 5.95. The molecule has 2 rings (SSSR count). The van der Waals surface area contributed by atoms with E-state index in [9.17, 15) is 0 Å². The standard InChI is InChI=1S/C14H22BrN3S/c1-3-11-13(15)14(16-4-2)18-12(17-11)9-19-10-7-5-6-8-10/h10H,3-9H2,1-2H3,(H,16,17,18). The lowest BCUT2D eigenvalue weighted by Gasteiger charge is -2.12. The highest BCUT2D eigenvalue weighted by molar-refractivity contribution is 9.10. The molecule has 0 spiro atoms. The highest BCUT2D eigenvalue weighted by Crippen LogP contribution is 2.32. The maximum absolute atomic E-state index is 4.68. The molecule has 0 unspecified atom stereocenters. The van der Waals surface area contributed by atoms with Crippen molar-refractivity contribution in [1.29, 1.82) is 0 Å². The molecule has 1 aromatic heterocycles. The van der Waals surface area contributed by atoms with Crippen LogP contribution in [-0.4, -0.2) is 21.8 Å². The molecule has 1 aliphatic carbocycles.